The SMILES string of the molecule is Cc1cccc(C)c1NC(=O)c1cnc(Nc2ccc(OCCN3CCN(C(C)C)CC3)c(F)c2)nc1. The average Bonchev–Trinajstić information content (AvgIpc) is 2.88. The number of hydrogen-bond donors (Lipinski definition) is 2. The number of aromatic nitrogens is 2. The molecule has 0 unspecified atom stereocenters. The molecule has 1 aliphatic heterocycles. The Hall–Kier alpha value is -3.56. The van der Waals surface area contributed by atoms with Crippen LogP contribution in [0.25, 0.3) is 0 Å². The number of carbonyl (C=O) groups excluding carboxylic acids is 1. The highest BCUT2D eigenvalue weighted by Crippen LogP contribution is 2.23. The number of rotatable bonds is 9. The highest BCUT2D eigenvalue weighted by Gasteiger charge is 2.18. The summed E-state index contributed by atoms with van der Waals surface area (Å²) < 4.78 is 20.3. The molecule has 0 saturated carbocycles. The second-order valence-corrected chi connectivity index (χ2v) is 9.61. The number of aryl methyl sites for hydroxylation is 2. The Morgan fingerprint density at radius 2 is 1.73 bits per heavy atom. The van der Waals surface area contributed by atoms with Crippen molar-refractivity contribution in [3.05, 3.63) is 71.3 Å². The van der Waals surface area contributed by atoms with Gasteiger partial charge in [-0.2, -0.15) is 0 Å². The fourth-order valence-corrected chi connectivity index (χ4v) is 4.32. The van der Waals surface area contributed by atoms with Crippen LogP contribution < -0.4 is 15.4 Å². The Labute approximate surface area is 217 Å². The summed E-state index contributed by atoms with van der Waals surface area (Å²) in [4.78, 5) is 25.8. The summed E-state index contributed by atoms with van der Waals surface area (Å²) in [5.41, 5.74) is 3.55. The van der Waals surface area contributed by atoms with E-state index in [4.69, 9.17) is 4.74 Å². The van der Waals surface area contributed by atoms with Crippen molar-refractivity contribution in [1.29, 1.82) is 0 Å². The first-order valence-electron chi connectivity index (χ1n) is 12.7. The number of hydrogen-bond acceptors (Lipinski definition) is 7. The van der Waals surface area contributed by atoms with Gasteiger partial charge in [0.05, 0.1) is 5.56 Å². The molecule has 1 saturated heterocycles. The molecule has 1 aliphatic rings. The molecule has 9 heteroatoms. The smallest absolute Gasteiger partial charge is 0.258 e. The molecule has 196 valence electrons. The number of benzene rings is 2. The van der Waals surface area contributed by atoms with Crippen LogP contribution in [-0.4, -0.2) is 71.0 Å². The lowest BCUT2D eigenvalue weighted by Gasteiger charge is -2.36. The molecular formula is C28H35FN6O2. The predicted molar refractivity (Wildman–Crippen MR) is 144 cm³/mol. The molecule has 1 fully saturated rings. The minimum Gasteiger partial charge on any atom is -0.489 e. The number of anilines is 3. The van der Waals surface area contributed by atoms with Gasteiger partial charge in [-0.25, -0.2) is 14.4 Å². The lowest BCUT2D eigenvalue weighted by atomic mass is 10.1. The minimum absolute atomic E-state index is 0.214. The molecule has 0 radical (unpaired) electrons. The third-order valence-electron chi connectivity index (χ3n) is 6.62. The van der Waals surface area contributed by atoms with E-state index in [9.17, 15) is 9.18 Å². The molecule has 0 aliphatic carbocycles. The molecule has 1 aromatic heterocycles. The van der Waals surface area contributed by atoms with Crippen LogP contribution in [0.15, 0.2) is 48.8 Å². The van der Waals surface area contributed by atoms with Gasteiger partial charge in [-0.05, 0) is 51.0 Å². The minimum atomic E-state index is -0.459. The number of amides is 1. The van der Waals surface area contributed by atoms with Crippen LogP contribution in [0.3, 0.4) is 0 Å². The zero-order valence-corrected chi connectivity index (χ0v) is 21.9. The van der Waals surface area contributed by atoms with Crippen LogP contribution in [-0.2, 0) is 0 Å². The Balaban J connectivity index is 1.27. The van der Waals surface area contributed by atoms with Gasteiger partial charge in [0.25, 0.3) is 5.91 Å². The number of carbonyl (C=O) groups is 1. The maximum atomic E-state index is 14.6. The van der Waals surface area contributed by atoms with Crippen molar-refractivity contribution in [2.75, 3.05) is 50.0 Å². The van der Waals surface area contributed by atoms with E-state index >= 15 is 0 Å². The van der Waals surface area contributed by atoms with Gasteiger partial charge in [0.15, 0.2) is 11.6 Å². The zero-order chi connectivity index (χ0) is 26.4. The lowest BCUT2D eigenvalue weighted by molar-refractivity contribution is 0.0965. The first kappa shape index (κ1) is 26.5. The van der Waals surface area contributed by atoms with Gasteiger partial charge in [0.2, 0.25) is 5.95 Å². The van der Waals surface area contributed by atoms with Crippen LogP contribution in [0.4, 0.5) is 21.7 Å². The summed E-state index contributed by atoms with van der Waals surface area (Å²) in [7, 11) is 0. The van der Waals surface area contributed by atoms with Crippen molar-refractivity contribution >= 4 is 23.2 Å². The van der Waals surface area contributed by atoms with Crippen molar-refractivity contribution in [2.24, 2.45) is 0 Å². The van der Waals surface area contributed by atoms with Crippen molar-refractivity contribution in [1.82, 2.24) is 19.8 Å². The van der Waals surface area contributed by atoms with Crippen LogP contribution >= 0.6 is 0 Å². The summed E-state index contributed by atoms with van der Waals surface area (Å²) in [6.45, 7) is 13.6. The van der Waals surface area contributed by atoms with Crippen LogP contribution in [0, 0.1) is 19.7 Å². The number of ether oxygens (including phenoxy) is 1. The quantitative estimate of drug-likeness (QED) is 0.438. The standard InChI is InChI=1S/C28H35FN6O2/c1-19(2)35-12-10-34(11-13-35)14-15-37-25-9-8-23(16-24(25)29)32-28-30-17-22(18-31-28)27(36)33-26-20(3)6-5-7-21(26)4/h5-9,16-19H,10-15H2,1-4H3,(H,33,36)(H,30,31,32). The third kappa shape index (κ3) is 7.02. The Morgan fingerprint density at radius 3 is 2.35 bits per heavy atom. The lowest BCUT2D eigenvalue weighted by Crippen LogP contribution is -2.49. The second kappa shape index (κ2) is 12.1. The Bertz CT molecular complexity index is 1190. The topological polar surface area (TPSA) is 82.6 Å². The number of piperazine rings is 1. The Morgan fingerprint density at radius 1 is 1.05 bits per heavy atom. The van der Waals surface area contributed by atoms with Gasteiger partial charge in [-0.15, -0.1) is 0 Å². The van der Waals surface area contributed by atoms with Gasteiger partial charge >= 0.3 is 0 Å². The molecule has 3 aromatic rings. The van der Waals surface area contributed by atoms with E-state index in [0.29, 0.717) is 23.9 Å². The Kier molecular flexibility index (Phi) is 8.68. The van der Waals surface area contributed by atoms with E-state index in [2.05, 4.69) is 44.2 Å². The van der Waals surface area contributed by atoms with Crippen molar-refractivity contribution in [3.8, 4) is 5.75 Å². The summed E-state index contributed by atoms with van der Waals surface area (Å²) in [5, 5.41) is 5.88. The highest BCUT2D eigenvalue weighted by molar-refractivity contribution is 6.04. The normalized spacial score (nSPS) is 14.5. The van der Waals surface area contributed by atoms with Crippen LogP contribution in [0.2, 0.25) is 0 Å². The molecular weight excluding hydrogens is 471 g/mol. The maximum Gasteiger partial charge on any atom is 0.258 e. The summed E-state index contributed by atoms with van der Waals surface area (Å²) in [5.74, 6) is -0.277. The van der Waals surface area contributed by atoms with E-state index in [1.165, 1.54) is 18.5 Å². The number of nitrogens with one attached hydrogen (secondary N) is 2. The van der Waals surface area contributed by atoms with Gasteiger partial charge < -0.3 is 15.4 Å². The van der Waals surface area contributed by atoms with E-state index in [1.807, 2.05) is 32.0 Å². The number of nitrogens with zero attached hydrogens (tertiary/aromatic N) is 4. The predicted octanol–water partition coefficient (Wildman–Crippen LogP) is 4.63. The van der Waals surface area contributed by atoms with Gasteiger partial charge in [-0.3, -0.25) is 14.6 Å². The van der Waals surface area contributed by atoms with E-state index in [0.717, 1.165) is 49.5 Å². The van der Waals surface area contributed by atoms with Gasteiger partial charge in [0, 0.05) is 68.6 Å². The van der Waals surface area contributed by atoms with Crippen molar-refractivity contribution in [2.45, 2.75) is 33.7 Å². The summed E-state index contributed by atoms with van der Waals surface area (Å²) >= 11 is 0. The van der Waals surface area contributed by atoms with E-state index < -0.39 is 5.82 Å². The maximum absolute atomic E-state index is 14.6. The summed E-state index contributed by atoms with van der Waals surface area (Å²) in [6, 6.07) is 11.1. The molecule has 0 bridgehead atoms. The molecule has 2 aromatic carbocycles. The van der Waals surface area contributed by atoms with E-state index in [1.54, 1.807) is 12.1 Å². The van der Waals surface area contributed by atoms with Gasteiger partial charge in [-0.1, -0.05) is 18.2 Å². The van der Waals surface area contributed by atoms with E-state index in [-0.39, 0.29) is 17.6 Å². The third-order valence-corrected chi connectivity index (χ3v) is 6.62. The monoisotopic (exact) mass is 506 g/mol. The number of halogens is 1. The molecule has 4 rings (SSSR count). The fraction of sp³-hybridized carbons (Fsp3) is 0.393. The first-order valence-corrected chi connectivity index (χ1v) is 12.7. The highest BCUT2D eigenvalue weighted by atomic mass is 19.1. The van der Waals surface area contributed by atoms with Crippen molar-refractivity contribution < 1.29 is 13.9 Å². The zero-order valence-electron chi connectivity index (χ0n) is 21.9. The van der Waals surface area contributed by atoms with Crippen LogP contribution in [0.5, 0.6) is 5.75 Å². The first-order chi connectivity index (χ1) is 17.8. The molecule has 1 amide bonds. The molecule has 8 nitrogen and oxygen atoms in total. The second-order valence-electron chi connectivity index (χ2n) is 9.61. The van der Waals surface area contributed by atoms with Crippen LogP contribution in [0.1, 0.15) is 35.3 Å². The molecule has 0 atom stereocenters. The average molecular weight is 507 g/mol. The largest absolute Gasteiger partial charge is 0.489 e. The molecule has 37 heavy (non-hydrogen) atoms. The van der Waals surface area contributed by atoms with Crippen molar-refractivity contribution in [3.63, 3.8) is 0 Å². The molecule has 2 heterocycles. The number of para-hydroxylation sites is 1. The summed E-state index contributed by atoms with van der Waals surface area (Å²) in [6.07, 6.45) is 2.88. The van der Waals surface area contributed by atoms with Gasteiger partial charge in [0.1, 0.15) is 6.61 Å². The molecule has 0 spiro atoms. The molecule has 2 N–H and O–H groups in total. The fourth-order valence-electron chi connectivity index (χ4n) is 4.32.